The highest BCUT2D eigenvalue weighted by molar-refractivity contribution is 7.80. The van der Waals surface area contributed by atoms with Gasteiger partial charge in [0.2, 0.25) is 5.95 Å². The van der Waals surface area contributed by atoms with Gasteiger partial charge in [-0.15, -0.1) is 0 Å². The monoisotopic (exact) mass is 510 g/mol. The fourth-order valence-electron chi connectivity index (χ4n) is 6.14. The van der Waals surface area contributed by atoms with Crippen LogP contribution < -0.4 is 20.4 Å². The topological polar surface area (TPSA) is 56.3 Å². The molecular formula is C28H39FN6S. The van der Waals surface area contributed by atoms with Crippen LogP contribution >= 0.6 is 12.2 Å². The summed E-state index contributed by atoms with van der Waals surface area (Å²) in [5.74, 6) is 3.00. The first-order valence-electron chi connectivity index (χ1n) is 13.7. The highest BCUT2D eigenvalue weighted by Crippen LogP contribution is 2.39. The van der Waals surface area contributed by atoms with E-state index < -0.39 is 0 Å². The summed E-state index contributed by atoms with van der Waals surface area (Å²) in [7, 11) is 0. The van der Waals surface area contributed by atoms with Crippen LogP contribution in [-0.2, 0) is 5.41 Å². The van der Waals surface area contributed by atoms with Gasteiger partial charge in [-0.2, -0.15) is 9.97 Å². The second-order valence-corrected chi connectivity index (χ2v) is 11.4. The Kier molecular flexibility index (Phi) is 7.89. The molecule has 0 amide bonds. The molecule has 0 bridgehead atoms. The average Bonchev–Trinajstić information content (AvgIpc) is 3.44. The molecule has 3 heterocycles. The standard InChI is InChI=1S/C28H39FN6S/c1-21-8-7-17-35(19-21)25-18-24(34-15-5-6-16-34)31-26(32-25)33-27(36)30-20-28(13-3-2-4-14-28)22-9-11-23(29)12-10-22/h9-12,18,21H,2-8,13-17,19-20H2,1H3,(H2,30,31,32,33,36)/t21-/m1/s1. The Morgan fingerprint density at radius 1 is 0.972 bits per heavy atom. The molecule has 194 valence electrons. The summed E-state index contributed by atoms with van der Waals surface area (Å²) in [4.78, 5) is 14.5. The van der Waals surface area contributed by atoms with E-state index in [1.165, 1.54) is 50.5 Å². The van der Waals surface area contributed by atoms with Crippen molar-refractivity contribution < 1.29 is 4.39 Å². The van der Waals surface area contributed by atoms with Crippen molar-refractivity contribution in [1.82, 2.24) is 15.3 Å². The van der Waals surface area contributed by atoms with Gasteiger partial charge >= 0.3 is 0 Å². The molecule has 2 N–H and O–H groups in total. The van der Waals surface area contributed by atoms with Crippen molar-refractivity contribution in [1.29, 1.82) is 0 Å². The zero-order chi connectivity index (χ0) is 25.0. The predicted molar refractivity (Wildman–Crippen MR) is 149 cm³/mol. The maximum absolute atomic E-state index is 13.6. The molecule has 1 aromatic heterocycles. The Balaban J connectivity index is 1.31. The summed E-state index contributed by atoms with van der Waals surface area (Å²) in [6, 6.07) is 9.17. The van der Waals surface area contributed by atoms with E-state index in [9.17, 15) is 4.39 Å². The number of hydrogen-bond donors (Lipinski definition) is 2. The van der Waals surface area contributed by atoms with Crippen molar-refractivity contribution in [2.24, 2.45) is 5.92 Å². The minimum Gasteiger partial charge on any atom is -0.361 e. The van der Waals surface area contributed by atoms with Gasteiger partial charge in [-0.3, -0.25) is 0 Å². The van der Waals surface area contributed by atoms with Crippen molar-refractivity contribution in [2.75, 3.05) is 47.8 Å². The Hall–Kier alpha value is -2.48. The summed E-state index contributed by atoms with van der Waals surface area (Å²) >= 11 is 5.73. The van der Waals surface area contributed by atoms with Crippen molar-refractivity contribution in [2.45, 2.75) is 70.1 Å². The van der Waals surface area contributed by atoms with Crippen molar-refractivity contribution >= 4 is 34.9 Å². The Morgan fingerprint density at radius 2 is 1.64 bits per heavy atom. The van der Waals surface area contributed by atoms with E-state index in [0.29, 0.717) is 23.5 Å². The minimum absolute atomic E-state index is 0.0367. The van der Waals surface area contributed by atoms with E-state index in [2.05, 4.69) is 33.4 Å². The van der Waals surface area contributed by atoms with Gasteiger partial charge in [-0.1, -0.05) is 38.3 Å². The molecule has 1 aliphatic carbocycles. The van der Waals surface area contributed by atoms with Crippen molar-refractivity contribution in [3.05, 3.63) is 41.7 Å². The van der Waals surface area contributed by atoms with Crippen LogP contribution in [0.1, 0.15) is 70.3 Å². The average molecular weight is 511 g/mol. The number of anilines is 3. The van der Waals surface area contributed by atoms with E-state index in [4.69, 9.17) is 22.2 Å². The van der Waals surface area contributed by atoms with Gasteiger partial charge in [0.05, 0.1) is 0 Å². The van der Waals surface area contributed by atoms with Crippen LogP contribution in [0.3, 0.4) is 0 Å². The molecule has 0 spiro atoms. The third-order valence-electron chi connectivity index (χ3n) is 8.19. The maximum Gasteiger partial charge on any atom is 0.232 e. The molecule has 2 aliphatic heterocycles. The Bertz CT molecular complexity index is 1030. The molecule has 36 heavy (non-hydrogen) atoms. The molecule has 8 heteroatoms. The van der Waals surface area contributed by atoms with Gasteiger partial charge in [-0.25, -0.2) is 4.39 Å². The smallest absolute Gasteiger partial charge is 0.232 e. The third kappa shape index (κ3) is 5.90. The van der Waals surface area contributed by atoms with Crippen molar-refractivity contribution in [3.63, 3.8) is 0 Å². The van der Waals surface area contributed by atoms with Crippen LogP contribution in [0.25, 0.3) is 0 Å². The Labute approximate surface area is 220 Å². The number of hydrogen-bond acceptors (Lipinski definition) is 5. The largest absolute Gasteiger partial charge is 0.361 e. The van der Waals surface area contributed by atoms with Gasteiger partial charge in [0.15, 0.2) is 5.11 Å². The second-order valence-electron chi connectivity index (χ2n) is 11.0. The summed E-state index contributed by atoms with van der Waals surface area (Å²) < 4.78 is 13.6. The minimum atomic E-state index is -0.191. The number of rotatable bonds is 6. The SMILES string of the molecule is C[C@@H]1CCCN(c2cc(N3CCCC3)nc(NC(=S)NCC3(c4ccc(F)cc4)CCCCC3)n2)C1. The number of thiocarbonyl (C=S) groups is 1. The molecule has 3 fully saturated rings. The molecule has 6 nitrogen and oxygen atoms in total. The van der Waals surface area contributed by atoms with Crippen LogP contribution in [0.4, 0.5) is 22.0 Å². The fourth-order valence-corrected chi connectivity index (χ4v) is 6.30. The molecule has 1 aromatic carbocycles. The highest BCUT2D eigenvalue weighted by atomic mass is 32.1. The van der Waals surface area contributed by atoms with Crippen molar-refractivity contribution in [3.8, 4) is 0 Å². The van der Waals surface area contributed by atoms with Crippen LogP contribution in [-0.4, -0.2) is 47.8 Å². The molecule has 5 rings (SSSR count). The van der Waals surface area contributed by atoms with Crippen LogP contribution in [0, 0.1) is 11.7 Å². The molecular weight excluding hydrogens is 471 g/mol. The molecule has 0 radical (unpaired) electrons. The lowest BCUT2D eigenvalue weighted by Gasteiger charge is -2.38. The molecule has 3 aliphatic rings. The van der Waals surface area contributed by atoms with Gasteiger partial charge in [-0.05, 0) is 74.4 Å². The predicted octanol–water partition coefficient (Wildman–Crippen LogP) is 5.64. The number of nitrogens with zero attached hydrogens (tertiary/aromatic N) is 4. The maximum atomic E-state index is 13.6. The zero-order valence-corrected chi connectivity index (χ0v) is 22.3. The normalized spacial score (nSPS) is 21.9. The number of halogens is 1. The van der Waals surface area contributed by atoms with Crippen LogP contribution in [0.2, 0.25) is 0 Å². The lowest BCUT2D eigenvalue weighted by molar-refractivity contribution is 0.292. The molecule has 2 aromatic rings. The lowest BCUT2D eigenvalue weighted by Crippen LogP contribution is -2.43. The van der Waals surface area contributed by atoms with E-state index >= 15 is 0 Å². The van der Waals surface area contributed by atoms with E-state index in [1.54, 1.807) is 12.1 Å². The van der Waals surface area contributed by atoms with Gasteiger partial charge < -0.3 is 20.4 Å². The molecule has 1 saturated carbocycles. The molecule has 1 atom stereocenters. The van der Waals surface area contributed by atoms with Gasteiger partial charge in [0.1, 0.15) is 17.5 Å². The van der Waals surface area contributed by atoms with Gasteiger partial charge in [0.25, 0.3) is 0 Å². The first-order chi connectivity index (χ1) is 17.5. The Morgan fingerprint density at radius 3 is 2.33 bits per heavy atom. The van der Waals surface area contributed by atoms with E-state index in [1.807, 2.05) is 12.1 Å². The van der Waals surface area contributed by atoms with E-state index in [-0.39, 0.29) is 11.2 Å². The van der Waals surface area contributed by atoms with Crippen LogP contribution in [0.15, 0.2) is 30.3 Å². The summed E-state index contributed by atoms with van der Waals surface area (Å²) in [5, 5.41) is 7.31. The fraction of sp³-hybridized carbons (Fsp3) is 0.607. The van der Waals surface area contributed by atoms with E-state index in [0.717, 1.165) is 50.7 Å². The molecule has 0 unspecified atom stereocenters. The number of aromatic nitrogens is 2. The molecule has 2 saturated heterocycles. The summed E-state index contributed by atoms with van der Waals surface area (Å²) in [6.45, 7) is 7.16. The quantitative estimate of drug-likeness (QED) is 0.488. The zero-order valence-electron chi connectivity index (χ0n) is 21.4. The number of benzene rings is 1. The first-order valence-corrected chi connectivity index (χ1v) is 14.1. The number of piperidine rings is 1. The van der Waals surface area contributed by atoms with Gasteiger partial charge in [0, 0.05) is 44.2 Å². The third-order valence-corrected chi connectivity index (χ3v) is 8.44. The summed E-state index contributed by atoms with van der Waals surface area (Å²) in [5.41, 5.74) is 1.15. The first kappa shape index (κ1) is 25.2. The second kappa shape index (κ2) is 11.3. The highest BCUT2D eigenvalue weighted by Gasteiger charge is 2.34. The number of nitrogens with one attached hydrogen (secondary N) is 2. The van der Waals surface area contributed by atoms with Crippen LogP contribution in [0.5, 0.6) is 0 Å². The summed E-state index contributed by atoms with van der Waals surface area (Å²) in [6.07, 6.45) is 10.6. The lowest BCUT2D eigenvalue weighted by atomic mass is 9.69.